The van der Waals surface area contributed by atoms with Crippen LogP contribution in [0.3, 0.4) is 0 Å². The topological polar surface area (TPSA) is 78.3 Å². The van der Waals surface area contributed by atoms with Crippen molar-refractivity contribution >= 4 is 22.6 Å². The summed E-state index contributed by atoms with van der Waals surface area (Å²) in [5.41, 5.74) is 2.71. The third kappa shape index (κ3) is 4.62. The second kappa shape index (κ2) is 9.34. The molecule has 0 aliphatic rings. The number of para-hydroxylation sites is 3. The number of aryl methyl sites for hydroxylation is 2. The molecule has 1 amide bonds. The molecule has 2 aromatic heterocycles. The van der Waals surface area contributed by atoms with Gasteiger partial charge in [0.05, 0.1) is 11.2 Å². The number of nitrogens with one attached hydrogen (secondary N) is 1. The molecule has 0 saturated carbocycles. The Kier molecular flexibility index (Phi) is 6.17. The number of hydrogen-bond acceptors (Lipinski definition) is 5. The highest BCUT2D eigenvalue weighted by atomic mass is 16.5. The van der Waals surface area contributed by atoms with Crippen LogP contribution in [0.5, 0.6) is 11.5 Å². The Morgan fingerprint density at radius 2 is 1.78 bits per heavy atom. The quantitative estimate of drug-likeness (QED) is 0.414. The first kappa shape index (κ1) is 21.1. The van der Waals surface area contributed by atoms with Crippen molar-refractivity contribution in [2.45, 2.75) is 13.8 Å². The zero-order valence-corrected chi connectivity index (χ0v) is 18.0. The number of fused-ring (bicyclic) bond motifs is 1. The highest BCUT2D eigenvalue weighted by molar-refractivity contribution is 5.91. The van der Waals surface area contributed by atoms with Gasteiger partial charge in [0.25, 0.3) is 5.91 Å². The van der Waals surface area contributed by atoms with E-state index >= 15 is 0 Å². The molecular formula is C25H24N4O3. The molecule has 1 N–H and O–H groups in total. The summed E-state index contributed by atoms with van der Waals surface area (Å²) in [6.45, 7) is 7.71. The maximum Gasteiger partial charge on any atom is 0.263 e. The van der Waals surface area contributed by atoms with Crippen LogP contribution in [0.4, 0.5) is 5.82 Å². The lowest BCUT2D eigenvalue weighted by atomic mass is 10.1. The molecule has 2 aromatic carbocycles. The van der Waals surface area contributed by atoms with Gasteiger partial charge in [-0.15, -0.1) is 0 Å². The van der Waals surface area contributed by atoms with Crippen LogP contribution < -0.4 is 14.8 Å². The molecule has 0 radical (unpaired) electrons. The van der Waals surface area contributed by atoms with Gasteiger partial charge in [0, 0.05) is 11.5 Å². The summed E-state index contributed by atoms with van der Waals surface area (Å²) < 4.78 is 12.9. The zero-order chi connectivity index (χ0) is 22.5. The van der Waals surface area contributed by atoms with Crippen molar-refractivity contribution in [2.24, 2.45) is 0 Å². The Hall–Kier alpha value is -4.13. The molecule has 0 atom stereocenters. The Morgan fingerprint density at radius 3 is 2.56 bits per heavy atom. The van der Waals surface area contributed by atoms with Crippen LogP contribution in [0.1, 0.15) is 11.3 Å². The SMILES string of the molecule is C=CCOc1ccccc1OCC(=O)Nc1cc(C)nn1-c1cc(C)c2ccccc2n1. The van der Waals surface area contributed by atoms with Crippen molar-refractivity contribution in [3.63, 3.8) is 0 Å². The van der Waals surface area contributed by atoms with E-state index in [1.807, 2.05) is 56.3 Å². The fourth-order valence-electron chi connectivity index (χ4n) is 3.36. The molecule has 0 aliphatic carbocycles. The van der Waals surface area contributed by atoms with E-state index in [4.69, 9.17) is 14.5 Å². The molecule has 32 heavy (non-hydrogen) atoms. The standard InChI is InChI=1S/C25H24N4O3/c1-4-13-31-21-11-7-8-12-22(21)32-16-25(30)27-24-15-18(3)28-29(24)23-14-17(2)19-9-5-6-10-20(19)26-23/h4-12,14-15H,1,13,16H2,2-3H3,(H,27,30). The Bertz CT molecular complexity index is 1280. The van der Waals surface area contributed by atoms with E-state index in [-0.39, 0.29) is 12.5 Å². The largest absolute Gasteiger partial charge is 0.486 e. The predicted molar refractivity (Wildman–Crippen MR) is 125 cm³/mol. The zero-order valence-electron chi connectivity index (χ0n) is 18.0. The fourth-order valence-corrected chi connectivity index (χ4v) is 3.36. The van der Waals surface area contributed by atoms with Gasteiger partial charge in [-0.3, -0.25) is 4.79 Å². The van der Waals surface area contributed by atoms with E-state index < -0.39 is 0 Å². The van der Waals surface area contributed by atoms with Gasteiger partial charge in [-0.25, -0.2) is 4.98 Å². The number of carbonyl (C=O) groups excluding carboxylic acids is 1. The van der Waals surface area contributed by atoms with Crippen LogP contribution in [0.15, 0.2) is 73.3 Å². The number of nitrogens with zero attached hydrogens (tertiary/aromatic N) is 3. The molecule has 7 heteroatoms. The van der Waals surface area contributed by atoms with Crippen molar-refractivity contribution in [1.82, 2.24) is 14.8 Å². The van der Waals surface area contributed by atoms with Crippen molar-refractivity contribution in [2.75, 3.05) is 18.5 Å². The number of aromatic nitrogens is 3. The van der Waals surface area contributed by atoms with E-state index in [9.17, 15) is 4.79 Å². The van der Waals surface area contributed by atoms with Gasteiger partial charge >= 0.3 is 0 Å². The van der Waals surface area contributed by atoms with Crippen LogP contribution in [-0.2, 0) is 4.79 Å². The molecule has 0 fully saturated rings. The molecule has 7 nitrogen and oxygen atoms in total. The average Bonchev–Trinajstić information content (AvgIpc) is 3.16. The number of pyridine rings is 1. The number of benzene rings is 2. The highest BCUT2D eigenvalue weighted by Crippen LogP contribution is 2.26. The van der Waals surface area contributed by atoms with Crippen LogP contribution in [0, 0.1) is 13.8 Å². The van der Waals surface area contributed by atoms with Gasteiger partial charge in [-0.2, -0.15) is 9.78 Å². The summed E-state index contributed by atoms with van der Waals surface area (Å²) >= 11 is 0. The van der Waals surface area contributed by atoms with Gasteiger partial charge in [0.15, 0.2) is 23.9 Å². The Labute approximate surface area is 186 Å². The number of ether oxygens (including phenoxy) is 2. The fraction of sp³-hybridized carbons (Fsp3) is 0.160. The minimum atomic E-state index is -0.317. The van der Waals surface area contributed by atoms with E-state index in [0.717, 1.165) is 22.2 Å². The summed E-state index contributed by atoms with van der Waals surface area (Å²) in [7, 11) is 0. The molecule has 0 aliphatic heterocycles. The summed E-state index contributed by atoms with van der Waals surface area (Å²) in [6, 6.07) is 18.9. The minimum Gasteiger partial charge on any atom is -0.486 e. The molecule has 0 spiro atoms. The van der Waals surface area contributed by atoms with Crippen molar-refractivity contribution in [3.8, 4) is 17.3 Å². The van der Waals surface area contributed by atoms with Gasteiger partial charge in [0.1, 0.15) is 12.4 Å². The van der Waals surface area contributed by atoms with Gasteiger partial charge in [-0.1, -0.05) is 43.0 Å². The smallest absolute Gasteiger partial charge is 0.263 e. The lowest BCUT2D eigenvalue weighted by Crippen LogP contribution is -2.22. The number of amides is 1. The third-order valence-electron chi connectivity index (χ3n) is 4.79. The monoisotopic (exact) mass is 428 g/mol. The van der Waals surface area contributed by atoms with Gasteiger partial charge in [-0.05, 0) is 43.7 Å². The predicted octanol–water partition coefficient (Wildman–Crippen LogP) is 4.62. The highest BCUT2D eigenvalue weighted by Gasteiger charge is 2.14. The van der Waals surface area contributed by atoms with Crippen LogP contribution in [0.25, 0.3) is 16.7 Å². The van der Waals surface area contributed by atoms with Gasteiger partial charge < -0.3 is 14.8 Å². The summed E-state index contributed by atoms with van der Waals surface area (Å²) in [5.74, 6) is 1.88. The Balaban J connectivity index is 1.52. The first-order valence-electron chi connectivity index (χ1n) is 10.2. The number of carbonyl (C=O) groups is 1. The van der Waals surface area contributed by atoms with Crippen molar-refractivity contribution in [1.29, 1.82) is 0 Å². The van der Waals surface area contributed by atoms with E-state index in [0.29, 0.717) is 29.7 Å². The lowest BCUT2D eigenvalue weighted by molar-refractivity contribution is -0.118. The number of anilines is 1. The van der Waals surface area contributed by atoms with Crippen molar-refractivity contribution in [3.05, 3.63) is 84.6 Å². The molecular weight excluding hydrogens is 404 g/mol. The van der Waals surface area contributed by atoms with Crippen LogP contribution in [0.2, 0.25) is 0 Å². The molecule has 0 unspecified atom stereocenters. The molecule has 0 bridgehead atoms. The normalized spacial score (nSPS) is 10.7. The average molecular weight is 428 g/mol. The third-order valence-corrected chi connectivity index (χ3v) is 4.79. The van der Waals surface area contributed by atoms with E-state index in [1.54, 1.807) is 29.0 Å². The minimum absolute atomic E-state index is 0.178. The maximum atomic E-state index is 12.6. The molecule has 4 aromatic rings. The first-order valence-corrected chi connectivity index (χ1v) is 10.2. The molecule has 162 valence electrons. The van der Waals surface area contributed by atoms with E-state index in [2.05, 4.69) is 17.0 Å². The number of rotatable bonds is 8. The van der Waals surface area contributed by atoms with Gasteiger partial charge in [0.2, 0.25) is 0 Å². The Morgan fingerprint density at radius 1 is 1.06 bits per heavy atom. The molecule has 0 saturated heterocycles. The number of hydrogen-bond donors (Lipinski definition) is 1. The van der Waals surface area contributed by atoms with Crippen LogP contribution >= 0.6 is 0 Å². The van der Waals surface area contributed by atoms with Crippen molar-refractivity contribution < 1.29 is 14.3 Å². The summed E-state index contributed by atoms with van der Waals surface area (Å²) in [5, 5.41) is 8.47. The first-order chi connectivity index (χ1) is 15.5. The maximum absolute atomic E-state index is 12.6. The summed E-state index contributed by atoms with van der Waals surface area (Å²) in [4.78, 5) is 17.3. The lowest BCUT2D eigenvalue weighted by Gasteiger charge is -2.13. The second-order valence-electron chi connectivity index (χ2n) is 7.28. The molecule has 2 heterocycles. The van der Waals surface area contributed by atoms with E-state index in [1.165, 1.54) is 0 Å². The van der Waals surface area contributed by atoms with Crippen LogP contribution in [-0.4, -0.2) is 33.9 Å². The summed E-state index contributed by atoms with van der Waals surface area (Å²) in [6.07, 6.45) is 1.65. The molecule has 4 rings (SSSR count). The second-order valence-corrected chi connectivity index (χ2v) is 7.28.